The number of carboxylic acids is 1. The van der Waals surface area contributed by atoms with E-state index in [1.54, 1.807) is 23.1 Å². The van der Waals surface area contributed by atoms with Gasteiger partial charge in [0.25, 0.3) is 10.0 Å². The summed E-state index contributed by atoms with van der Waals surface area (Å²) in [7, 11) is -4.07. The highest BCUT2D eigenvalue weighted by Crippen LogP contribution is 2.27. The minimum absolute atomic E-state index is 0.00439. The molecule has 1 heterocycles. The Hall–Kier alpha value is -3.14. The lowest BCUT2D eigenvalue weighted by molar-refractivity contribution is -0.137. The molecule has 0 aromatic heterocycles. The molecule has 30 heavy (non-hydrogen) atoms. The van der Waals surface area contributed by atoms with Crippen LogP contribution in [-0.4, -0.2) is 38.6 Å². The first kappa shape index (κ1) is 21.6. The average molecular weight is 436 g/mol. The number of ether oxygens (including phenoxy) is 1. The fourth-order valence-corrected chi connectivity index (χ4v) is 4.10. The third-order valence-corrected chi connectivity index (χ3v) is 5.87. The highest BCUT2D eigenvalue weighted by Gasteiger charge is 2.23. The zero-order valence-corrected chi connectivity index (χ0v) is 16.8. The summed E-state index contributed by atoms with van der Waals surface area (Å²) in [4.78, 5) is 23.7. The Bertz CT molecular complexity index is 1060. The van der Waals surface area contributed by atoms with Gasteiger partial charge in [0.2, 0.25) is 5.91 Å². The first-order chi connectivity index (χ1) is 14.3. The number of halogens is 1. The van der Waals surface area contributed by atoms with Crippen molar-refractivity contribution < 1.29 is 32.2 Å². The molecule has 1 amide bonds. The largest absolute Gasteiger partial charge is 0.491 e. The van der Waals surface area contributed by atoms with Crippen molar-refractivity contribution in [3.05, 3.63) is 48.3 Å². The van der Waals surface area contributed by atoms with Crippen LogP contribution < -0.4 is 14.4 Å². The lowest BCUT2D eigenvalue weighted by Crippen LogP contribution is -2.23. The van der Waals surface area contributed by atoms with Crippen molar-refractivity contribution in [2.24, 2.45) is 0 Å². The number of hydrogen-bond acceptors (Lipinski definition) is 5. The molecule has 1 aliphatic rings. The normalized spacial score (nSPS) is 14.0. The number of rotatable bonds is 9. The molecule has 0 radical (unpaired) electrons. The number of nitrogens with zero attached hydrogens (tertiary/aromatic N) is 1. The van der Waals surface area contributed by atoms with Gasteiger partial charge < -0.3 is 14.7 Å². The molecule has 1 saturated heterocycles. The molecule has 0 saturated carbocycles. The molecule has 2 aromatic carbocycles. The molecule has 2 aromatic rings. The summed E-state index contributed by atoms with van der Waals surface area (Å²) in [5, 5.41) is 8.58. The van der Waals surface area contributed by atoms with Gasteiger partial charge in [-0.1, -0.05) is 6.07 Å². The number of nitrogens with one attached hydrogen (secondary N) is 1. The van der Waals surface area contributed by atoms with E-state index in [0.29, 0.717) is 18.7 Å². The number of carbonyl (C=O) groups is 2. The van der Waals surface area contributed by atoms with Crippen LogP contribution in [0.4, 0.5) is 15.8 Å². The van der Waals surface area contributed by atoms with Gasteiger partial charge in [-0.15, -0.1) is 0 Å². The number of anilines is 2. The average Bonchev–Trinajstić information content (AvgIpc) is 3.12. The molecule has 0 spiro atoms. The Morgan fingerprint density at radius 2 is 2.03 bits per heavy atom. The Labute approximate surface area is 173 Å². The van der Waals surface area contributed by atoms with Crippen LogP contribution in [0.1, 0.15) is 25.7 Å². The number of sulfonamides is 1. The van der Waals surface area contributed by atoms with Gasteiger partial charge >= 0.3 is 5.97 Å². The van der Waals surface area contributed by atoms with E-state index in [-0.39, 0.29) is 41.7 Å². The highest BCUT2D eigenvalue weighted by molar-refractivity contribution is 7.92. The summed E-state index contributed by atoms with van der Waals surface area (Å²) in [5.41, 5.74) is 0.843. The highest BCUT2D eigenvalue weighted by atomic mass is 32.2. The minimum atomic E-state index is -4.07. The smallest absolute Gasteiger partial charge is 0.303 e. The number of carbonyl (C=O) groups excluding carboxylic acids is 1. The van der Waals surface area contributed by atoms with Crippen molar-refractivity contribution in [2.45, 2.75) is 30.6 Å². The Balaban J connectivity index is 1.70. The summed E-state index contributed by atoms with van der Waals surface area (Å²) < 4.78 is 47.1. The van der Waals surface area contributed by atoms with Crippen molar-refractivity contribution in [2.75, 3.05) is 22.8 Å². The molecule has 0 atom stereocenters. The summed E-state index contributed by atoms with van der Waals surface area (Å²) in [6.45, 7) is 0.573. The topological polar surface area (TPSA) is 113 Å². The van der Waals surface area contributed by atoms with Crippen molar-refractivity contribution in [1.82, 2.24) is 0 Å². The van der Waals surface area contributed by atoms with E-state index in [4.69, 9.17) is 9.84 Å². The van der Waals surface area contributed by atoms with Crippen LogP contribution in [0, 0.1) is 5.82 Å². The van der Waals surface area contributed by atoms with E-state index in [1.165, 1.54) is 18.2 Å². The molecule has 8 nitrogen and oxygen atoms in total. The van der Waals surface area contributed by atoms with Crippen molar-refractivity contribution in [3.8, 4) is 5.75 Å². The maximum absolute atomic E-state index is 14.2. The van der Waals surface area contributed by atoms with E-state index >= 15 is 0 Å². The molecule has 1 aliphatic heterocycles. The molecule has 2 N–H and O–H groups in total. The van der Waals surface area contributed by atoms with Crippen LogP contribution in [0.5, 0.6) is 5.75 Å². The monoisotopic (exact) mass is 436 g/mol. The van der Waals surface area contributed by atoms with Gasteiger partial charge in [0.15, 0.2) is 11.6 Å². The zero-order chi connectivity index (χ0) is 21.7. The van der Waals surface area contributed by atoms with Crippen LogP contribution in [-0.2, 0) is 19.6 Å². The molecule has 1 fully saturated rings. The number of hydrogen-bond donors (Lipinski definition) is 2. The standard InChI is InChI=1S/C20H21FN2O6S/c21-17-13-16(8-9-18(17)29-11-3-7-20(25)26)30(27,28)22-14-4-1-5-15(12-14)23-10-2-6-19(23)24/h1,4-5,8-9,12-13,22H,2-3,6-7,10-11H2,(H,25,26). The fourth-order valence-electron chi connectivity index (χ4n) is 3.04. The molecular weight excluding hydrogens is 415 g/mol. The molecule has 0 bridgehead atoms. The Morgan fingerprint density at radius 3 is 2.70 bits per heavy atom. The first-order valence-corrected chi connectivity index (χ1v) is 10.8. The quantitative estimate of drug-likeness (QED) is 0.585. The van der Waals surface area contributed by atoms with E-state index < -0.39 is 21.8 Å². The molecule has 10 heteroatoms. The van der Waals surface area contributed by atoms with Gasteiger partial charge in [-0.25, -0.2) is 12.8 Å². The molecular formula is C20H21FN2O6S. The summed E-state index contributed by atoms with van der Waals surface area (Å²) in [6.07, 6.45) is 1.30. The second kappa shape index (κ2) is 9.12. The van der Waals surface area contributed by atoms with Gasteiger partial charge in [-0.05, 0) is 49.2 Å². The molecule has 3 rings (SSSR count). The van der Waals surface area contributed by atoms with Crippen molar-refractivity contribution in [1.29, 1.82) is 0 Å². The Kier molecular flexibility index (Phi) is 6.56. The molecule has 0 aliphatic carbocycles. The van der Waals surface area contributed by atoms with Gasteiger partial charge in [0.05, 0.1) is 17.2 Å². The second-order valence-electron chi connectivity index (χ2n) is 6.74. The predicted octanol–water partition coefficient (Wildman–Crippen LogP) is 3.00. The number of carboxylic acid groups (broad SMARTS) is 1. The fraction of sp³-hybridized carbons (Fsp3) is 0.300. The van der Waals surface area contributed by atoms with E-state index in [1.807, 2.05) is 0 Å². The third kappa shape index (κ3) is 5.26. The zero-order valence-electron chi connectivity index (χ0n) is 16.0. The summed E-state index contributed by atoms with van der Waals surface area (Å²) in [5.74, 6) is -2.03. The van der Waals surface area contributed by atoms with E-state index in [0.717, 1.165) is 12.5 Å². The van der Waals surface area contributed by atoms with Crippen LogP contribution in [0.25, 0.3) is 0 Å². The van der Waals surface area contributed by atoms with E-state index in [9.17, 15) is 22.4 Å². The maximum atomic E-state index is 14.2. The van der Waals surface area contributed by atoms with Crippen LogP contribution in [0.3, 0.4) is 0 Å². The predicted molar refractivity (Wildman–Crippen MR) is 108 cm³/mol. The van der Waals surface area contributed by atoms with Crippen LogP contribution in [0.15, 0.2) is 47.4 Å². The third-order valence-electron chi connectivity index (χ3n) is 4.49. The summed E-state index contributed by atoms with van der Waals surface area (Å²) in [6, 6.07) is 9.66. The van der Waals surface area contributed by atoms with E-state index in [2.05, 4.69) is 4.72 Å². The molecule has 160 valence electrons. The minimum Gasteiger partial charge on any atom is -0.491 e. The summed E-state index contributed by atoms with van der Waals surface area (Å²) >= 11 is 0. The molecule has 0 unspecified atom stereocenters. The first-order valence-electron chi connectivity index (χ1n) is 9.34. The number of aliphatic carboxylic acids is 1. The lowest BCUT2D eigenvalue weighted by atomic mass is 10.2. The van der Waals surface area contributed by atoms with Crippen LogP contribution >= 0.6 is 0 Å². The lowest BCUT2D eigenvalue weighted by Gasteiger charge is -2.17. The van der Waals surface area contributed by atoms with Crippen molar-refractivity contribution in [3.63, 3.8) is 0 Å². The number of benzene rings is 2. The van der Waals surface area contributed by atoms with Gasteiger partial charge in [0, 0.05) is 25.1 Å². The van der Waals surface area contributed by atoms with Crippen molar-refractivity contribution >= 4 is 33.3 Å². The maximum Gasteiger partial charge on any atom is 0.303 e. The van der Waals surface area contributed by atoms with Gasteiger partial charge in [-0.3, -0.25) is 14.3 Å². The SMILES string of the molecule is O=C(O)CCCOc1ccc(S(=O)(=O)Nc2cccc(N3CCCC3=O)c2)cc1F. The Morgan fingerprint density at radius 1 is 1.23 bits per heavy atom. The van der Waals surface area contributed by atoms with Gasteiger partial charge in [-0.2, -0.15) is 0 Å². The van der Waals surface area contributed by atoms with Crippen LogP contribution in [0.2, 0.25) is 0 Å². The number of amides is 1. The van der Waals surface area contributed by atoms with Gasteiger partial charge in [0.1, 0.15) is 0 Å². The second-order valence-corrected chi connectivity index (χ2v) is 8.43.